The normalized spacial score (nSPS) is 13.7. The summed E-state index contributed by atoms with van der Waals surface area (Å²) < 4.78 is 16.0. The molecule has 1 fully saturated rings. The van der Waals surface area contributed by atoms with Crippen molar-refractivity contribution in [1.82, 2.24) is 0 Å². The van der Waals surface area contributed by atoms with E-state index in [2.05, 4.69) is 10.2 Å². The van der Waals surface area contributed by atoms with Crippen LogP contribution in [-0.4, -0.2) is 51.4 Å². The van der Waals surface area contributed by atoms with Crippen molar-refractivity contribution in [2.75, 3.05) is 49.7 Å². The number of anilines is 2. The lowest BCUT2D eigenvalue weighted by Gasteiger charge is -2.30. The summed E-state index contributed by atoms with van der Waals surface area (Å²) in [5.41, 5.74) is 1.72. The number of carbonyl (C=O) groups is 2. The number of ether oxygens (including phenoxy) is 3. The molecule has 0 unspecified atom stereocenters. The number of morpholine rings is 1. The molecule has 2 aromatic carbocycles. The molecule has 154 valence electrons. The standard InChI is InChI=1S/C21H23ClN2O5/c1-2-28-21(26)15-3-8-19(24-9-11-27-12-10-24)18(13-15)23-20(25)14-29-17-6-4-16(22)5-7-17/h3-8,13H,2,9-12,14H2,1H3,(H,23,25). The largest absolute Gasteiger partial charge is 0.484 e. The van der Waals surface area contributed by atoms with E-state index in [9.17, 15) is 9.59 Å². The second-order valence-corrected chi connectivity index (χ2v) is 6.78. The molecule has 29 heavy (non-hydrogen) atoms. The fraction of sp³-hybridized carbons (Fsp3) is 0.333. The van der Waals surface area contributed by atoms with Gasteiger partial charge in [0.15, 0.2) is 6.61 Å². The number of rotatable bonds is 7. The van der Waals surface area contributed by atoms with Crippen molar-refractivity contribution in [3.63, 3.8) is 0 Å². The first-order chi connectivity index (χ1) is 14.1. The van der Waals surface area contributed by atoms with Gasteiger partial charge < -0.3 is 24.4 Å². The van der Waals surface area contributed by atoms with E-state index in [1.165, 1.54) is 0 Å². The van der Waals surface area contributed by atoms with Crippen LogP contribution in [0.5, 0.6) is 5.75 Å². The molecule has 1 heterocycles. The number of benzene rings is 2. The molecule has 0 saturated carbocycles. The molecule has 1 amide bonds. The van der Waals surface area contributed by atoms with E-state index < -0.39 is 5.97 Å². The van der Waals surface area contributed by atoms with E-state index in [0.717, 1.165) is 5.69 Å². The van der Waals surface area contributed by atoms with Gasteiger partial charge in [0, 0.05) is 18.1 Å². The van der Waals surface area contributed by atoms with Gasteiger partial charge in [0.05, 0.1) is 36.8 Å². The highest BCUT2D eigenvalue weighted by Crippen LogP contribution is 2.28. The van der Waals surface area contributed by atoms with Gasteiger partial charge in [-0.25, -0.2) is 4.79 Å². The minimum Gasteiger partial charge on any atom is -0.484 e. The van der Waals surface area contributed by atoms with E-state index >= 15 is 0 Å². The maximum absolute atomic E-state index is 12.5. The second-order valence-electron chi connectivity index (χ2n) is 6.34. The highest BCUT2D eigenvalue weighted by atomic mass is 35.5. The van der Waals surface area contributed by atoms with Gasteiger partial charge in [0.1, 0.15) is 5.75 Å². The Bertz CT molecular complexity index is 851. The monoisotopic (exact) mass is 418 g/mol. The molecule has 0 bridgehead atoms. The number of nitrogens with one attached hydrogen (secondary N) is 1. The molecule has 0 aliphatic carbocycles. The smallest absolute Gasteiger partial charge is 0.338 e. The fourth-order valence-corrected chi connectivity index (χ4v) is 3.05. The average Bonchev–Trinajstić information content (AvgIpc) is 2.74. The lowest BCUT2D eigenvalue weighted by atomic mass is 10.1. The average molecular weight is 419 g/mol. The van der Waals surface area contributed by atoms with Crippen LogP contribution in [0.4, 0.5) is 11.4 Å². The van der Waals surface area contributed by atoms with Crippen molar-refractivity contribution in [3.05, 3.63) is 53.1 Å². The number of nitrogens with zero attached hydrogens (tertiary/aromatic N) is 1. The van der Waals surface area contributed by atoms with Crippen LogP contribution in [-0.2, 0) is 14.3 Å². The molecular formula is C21H23ClN2O5. The zero-order chi connectivity index (χ0) is 20.6. The number of amides is 1. The van der Waals surface area contributed by atoms with Crippen molar-refractivity contribution in [3.8, 4) is 5.75 Å². The zero-order valence-corrected chi connectivity index (χ0v) is 16.9. The third kappa shape index (κ3) is 5.85. The predicted molar refractivity (Wildman–Crippen MR) is 111 cm³/mol. The Labute approximate surface area is 174 Å². The molecule has 0 spiro atoms. The Morgan fingerprint density at radius 3 is 2.55 bits per heavy atom. The summed E-state index contributed by atoms with van der Waals surface area (Å²) in [5, 5.41) is 3.44. The molecule has 8 heteroatoms. The summed E-state index contributed by atoms with van der Waals surface area (Å²) in [6.07, 6.45) is 0. The second kappa shape index (κ2) is 10.1. The summed E-state index contributed by atoms with van der Waals surface area (Å²) in [6, 6.07) is 11.9. The SMILES string of the molecule is CCOC(=O)c1ccc(N2CCOCC2)c(NC(=O)COc2ccc(Cl)cc2)c1. The van der Waals surface area contributed by atoms with Crippen molar-refractivity contribution in [1.29, 1.82) is 0 Å². The molecule has 3 rings (SSSR count). The van der Waals surface area contributed by atoms with E-state index in [-0.39, 0.29) is 19.1 Å². The Morgan fingerprint density at radius 1 is 1.14 bits per heavy atom. The Morgan fingerprint density at radius 2 is 1.86 bits per heavy atom. The van der Waals surface area contributed by atoms with Gasteiger partial charge in [-0.3, -0.25) is 4.79 Å². The summed E-state index contributed by atoms with van der Waals surface area (Å²) >= 11 is 5.85. The number of hydrogen-bond donors (Lipinski definition) is 1. The van der Waals surface area contributed by atoms with E-state index in [4.69, 9.17) is 25.8 Å². The third-order valence-electron chi connectivity index (χ3n) is 4.32. The zero-order valence-electron chi connectivity index (χ0n) is 16.2. The predicted octanol–water partition coefficient (Wildman–Crippen LogP) is 3.37. The first-order valence-corrected chi connectivity index (χ1v) is 9.76. The van der Waals surface area contributed by atoms with Crippen LogP contribution >= 0.6 is 11.6 Å². The molecule has 2 aromatic rings. The summed E-state index contributed by atoms with van der Waals surface area (Å²) in [5.74, 6) is -0.234. The summed E-state index contributed by atoms with van der Waals surface area (Å²) in [7, 11) is 0. The number of halogens is 1. The van der Waals surface area contributed by atoms with Gasteiger partial charge in [-0.05, 0) is 49.4 Å². The number of hydrogen-bond acceptors (Lipinski definition) is 6. The lowest BCUT2D eigenvalue weighted by Crippen LogP contribution is -2.37. The summed E-state index contributed by atoms with van der Waals surface area (Å²) in [6.45, 7) is 4.45. The van der Waals surface area contributed by atoms with E-state index in [1.54, 1.807) is 43.3 Å². The quantitative estimate of drug-likeness (QED) is 0.695. The van der Waals surface area contributed by atoms with Crippen LogP contribution in [0.15, 0.2) is 42.5 Å². The van der Waals surface area contributed by atoms with Gasteiger partial charge >= 0.3 is 5.97 Å². The molecular weight excluding hydrogens is 396 g/mol. The lowest BCUT2D eigenvalue weighted by molar-refractivity contribution is -0.118. The minimum atomic E-state index is -0.436. The molecule has 1 aliphatic heterocycles. The summed E-state index contributed by atoms with van der Waals surface area (Å²) in [4.78, 5) is 26.7. The molecule has 1 saturated heterocycles. The number of carbonyl (C=O) groups excluding carboxylic acids is 2. The molecule has 0 aromatic heterocycles. The topological polar surface area (TPSA) is 77.1 Å². The molecule has 7 nitrogen and oxygen atoms in total. The van der Waals surface area contributed by atoms with Crippen LogP contribution < -0.4 is 15.0 Å². The fourth-order valence-electron chi connectivity index (χ4n) is 2.92. The van der Waals surface area contributed by atoms with Gasteiger partial charge in [0.25, 0.3) is 5.91 Å². The van der Waals surface area contributed by atoms with E-state index in [0.29, 0.717) is 48.3 Å². The van der Waals surface area contributed by atoms with Crippen LogP contribution in [0.25, 0.3) is 0 Å². The maximum atomic E-state index is 12.5. The molecule has 1 aliphatic rings. The van der Waals surface area contributed by atoms with Gasteiger partial charge in [-0.2, -0.15) is 0 Å². The van der Waals surface area contributed by atoms with Crippen molar-refractivity contribution in [2.24, 2.45) is 0 Å². The van der Waals surface area contributed by atoms with Crippen LogP contribution in [0.1, 0.15) is 17.3 Å². The Kier molecular flexibility index (Phi) is 7.32. The third-order valence-corrected chi connectivity index (χ3v) is 4.57. The minimum absolute atomic E-state index is 0.173. The van der Waals surface area contributed by atoms with Crippen LogP contribution in [0.2, 0.25) is 5.02 Å². The van der Waals surface area contributed by atoms with Crippen molar-refractivity contribution in [2.45, 2.75) is 6.92 Å². The first-order valence-electron chi connectivity index (χ1n) is 9.39. The van der Waals surface area contributed by atoms with Crippen molar-refractivity contribution >= 4 is 34.9 Å². The number of esters is 1. The Hall–Kier alpha value is -2.77. The Balaban J connectivity index is 1.74. The molecule has 0 atom stereocenters. The highest BCUT2D eigenvalue weighted by Gasteiger charge is 2.19. The first kappa shape index (κ1) is 21.0. The van der Waals surface area contributed by atoms with Gasteiger partial charge in [0.2, 0.25) is 0 Å². The molecule has 0 radical (unpaired) electrons. The van der Waals surface area contributed by atoms with Crippen LogP contribution in [0, 0.1) is 0 Å². The van der Waals surface area contributed by atoms with Crippen molar-refractivity contribution < 1.29 is 23.8 Å². The highest BCUT2D eigenvalue weighted by molar-refractivity contribution is 6.30. The van der Waals surface area contributed by atoms with Gasteiger partial charge in [-0.1, -0.05) is 11.6 Å². The van der Waals surface area contributed by atoms with Gasteiger partial charge in [-0.15, -0.1) is 0 Å². The van der Waals surface area contributed by atoms with E-state index in [1.807, 2.05) is 6.07 Å². The maximum Gasteiger partial charge on any atom is 0.338 e. The van der Waals surface area contributed by atoms with Crippen LogP contribution in [0.3, 0.4) is 0 Å². The molecule has 1 N–H and O–H groups in total.